The lowest BCUT2D eigenvalue weighted by molar-refractivity contribution is -0.132. The lowest BCUT2D eigenvalue weighted by Gasteiger charge is -2.36. The topological polar surface area (TPSA) is 213 Å². The summed E-state index contributed by atoms with van der Waals surface area (Å²) in [5.74, 6) is 0.559. The number of aromatic nitrogens is 3. The third-order valence-electron chi connectivity index (χ3n) is 14.5. The molecule has 1 saturated carbocycles. The number of hydrogen-bond donors (Lipinski definition) is 3. The number of pyridine rings is 1. The highest BCUT2D eigenvalue weighted by Crippen LogP contribution is 2.36. The first-order chi connectivity index (χ1) is 37.6. The fraction of sp³-hybridized carbons (Fsp3) is 0.509. The second-order valence-corrected chi connectivity index (χ2v) is 19.8. The van der Waals surface area contributed by atoms with Gasteiger partial charge in [-0.05, 0) is 75.9 Å². The Hall–Kier alpha value is -6.68. The quantitative estimate of drug-likeness (QED) is 0.0353. The Balaban J connectivity index is 0.572. The van der Waals surface area contributed by atoms with Crippen LogP contribution < -0.4 is 20.9 Å². The molecule has 0 spiro atoms. The summed E-state index contributed by atoms with van der Waals surface area (Å²) < 4.78 is 41.4. The summed E-state index contributed by atoms with van der Waals surface area (Å²) in [5.41, 5.74) is 8.58. The Morgan fingerprint density at radius 2 is 1.36 bits per heavy atom. The molecule has 3 aliphatic heterocycles. The molecule has 9 rings (SSSR count). The van der Waals surface area contributed by atoms with Gasteiger partial charge in [-0.15, -0.1) is 0 Å². The van der Waals surface area contributed by atoms with Gasteiger partial charge in [0.1, 0.15) is 29.0 Å². The molecular formula is C57H73N9O11. The van der Waals surface area contributed by atoms with Crippen LogP contribution in [0.2, 0.25) is 0 Å². The van der Waals surface area contributed by atoms with Crippen LogP contribution in [0.15, 0.2) is 77.6 Å². The highest BCUT2D eigenvalue weighted by atomic mass is 16.6. The molecule has 3 N–H and O–H groups in total. The van der Waals surface area contributed by atoms with Crippen molar-refractivity contribution in [2.75, 3.05) is 128 Å². The number of amides is 4. The monoisotopic (exact) mass is 1060 g/mol. The van der Waals surface area contributed by atoms with Crippen LogP contribution in [0.4, 0.5) is 17.2 Å². The highest BCUT2D eigenvalue weighted by molar-refractivity contribution is 6.25. The normalized spacial score (nSPS) is 17.2. The Labute approximate surface area is 449 Å². The van der Waals surface area contributed by atoms with E-state index in [9.17, 15) is 19.2 Å². The van der Waals surface area contributed by atoms with Crippen LogP contribution in [0.1, 0.15) is 83.5 Å². The number of imidazole rings is 1. The molecule has 4 aliphatic rings. The smallest absolute Gasteiger partial charge is 0.264 e. The van der Waals surface area contributed by atoms with Gasteiger partial charge in [0, 0.05) is 78.7 Å². The first-order valence-electron chi connectivity index (χ1n) is 27.2. The van der Waals surface area contributed by atoms with Crippen LogP contribution in [-0.2, 0) is 38.0 Å². The van der Waals surface area contributed by atoms with Crippen molar-refractivity contribution in [3.63, 3.8) is 0 Å². The zero-order chi connectivity index (χ0) is 53.5. The van der Waals surface area contributed by atoms with E-state index in [1.54, 1.807) is 18.2 Å². The fourth-order valence-electron chi connectivity index (χ4n) is 10.4. The van der Waals surface area contributed by atoms with Crippen LogP contribution in [0.5, 0.6) is 0 Å². The van der Waals surface area contributed by atoms with Gasteiger partial charge < -0.3 is 58.7 Å². The van der Waals surface area contributed by atoms with Crippen molar-refractivity contribution in [3.8, 4) is 22.4 Å². The van der Waals surface area contributed by atoms with Crippen molar-refractivity contribution in [1.82, 2.24) is 29.7 Å². The van der Waals surface area contributed by atoms with E-state index >= 15 is 0 Å². The van der Waals surface area contributed by atoms with Crippen molar-refractivity contribution in [1.29, 1.82) is 0 Å². The first-order valence-corrected chi connectivity index (χ1v) is 27.2. The Bertz CT molecular complexity index is 2800. The number of anilines is 3. The molecule has 77 heavy (non-hydrogen) atoms. The third-order valence-corrected chi connectivity index (χ3v) is 14.5. The van der Waals surface area contributed by atoms with Gasteiger partial charge >= 0.3 is 0 Å². The van der Waals surface area contributed by atoms with Gasteiger partial charge in [-0.3, -0.25) is 28.5 Å². The molecule has 1 unspecified atom stereocenters. The number of rotatable bonds is 28. The van der Waals surface area contributed by atoms with Crippen molar-refractivity contribution in [2.45, 2.75) is 77.3 Å². The number of aryl methyl sites for hydroxylation is 2. The number of imide groups is 1. The minimum Gasteiger partial charge on any atom is -0.382 e. The number of allylic oxidation sites excluding steroid dienone is 1. The van der Waals surface area contributed by atoms with E-state index in [1.807, 2.05) is 18.7 Å². The maximum atomic E-state index is 13.3. The second kappa shape index (κ2) is 27.1. The summed E-state index contributed by atoms with van der Waals surface area (Å²) in [4.78, 5) is 62.4. The van der Waals surface area contributed by atoms with Crippen molar-refractivity contribution < 1.29 is 52.1 Å². The van der Waals surface area contributed by atoms with E-state index < -0.39 is 23.8 Å². The van der Waals surface area contributed by atoms with E-state index in [1.165, 1.54) is 19.3 Å². The Morgan fingerprint density at radius 1 is 0.727 bits per heavy atom. The number of benzene rings is 2. The summed E-state index contributed by atoms with van der Waals surface area (Å²) in [6, 6.07) is 17.4. The summed E-state index contributed by atoms with van der Waals surface area (Å²) in [6.07, 6.45) is 9.37. The van der Waals surface area contributed by atoms with Crippen LogP contribution in [-0.4, -0.2) is 172 Å². The minimum absolute atomic E-state index is 0.100. The number of nitrogens with zero attached hydrogens (tertiary/aromatic N) is 6. The Morgan fingerprint density at radius 3 is 2.00 bits per heavy atom. The summed E-state index contributed by atoms with van der Waals surface area (Å²) in [7, 11) is 0. The number of piperidine rings is 1. The number of piperazine rings is 1. The average Bonchev–Trinajstić information content (AvgIpc) is 4.23. The summed E-state index contributed by atoms with van der Waals surface area (Å²) >= 11 is 0. The predicted octanol–water partition coefficient (Wildman–Crippen LogP) is 6.66. The largest absolute Gasteiger partial charge is 0.382 e. The molecule has 0 radical (unpaired) electrons. The van der Waals surface area contributed by atoms with Crippen LogP contribution >= 0.6 is 0 Å². The molecular weight excluding hydrogens is 987 g/mol. The summed E-state index contributed by atoms with van der Waals surface area (Å²) in [6.45, 7) is 15.8. The fourth-order valence-corrected chi connectivity index (χ4v) is 10.4. The van der Waals surface area contributed by atoms with E-state index in [0.29, 0.717) is 136 Å². The number of ether oxygens (including phenoxy) is 6. The molecule has 20 heteroatoms. The van der Waals surface area contributed by atoms with E-state index in [-0.39, 0.29) is 17.0 Å². The van der Waals surface area contributed by atoms with Crippen LogP contribution in [0.3, 0.4) is 0 Å². The molecule has 3 fully saturated rings. The average molecular weight is 1060 g/mol. The molecule has 412 valence electrons. The highest BCUT2D eigenvalue weighted by Gasteiger charge is 2.45. The van der Waals surface area contributed by atoms with E-state index in [2.05, 4.69) is 79.6 Å². The molecule has 2 aromatic carbocycles. The van der Waals surface area contributed by atoms with Gasteiger partial charge in [0.2, 0.25) is 11.8 Å². The molecule has 5 aromatic rings. The number of nitrogens with one attached hydrogen (secondary N) is 3. The zero-order valence-electron chi connectivity index (χ0n) is 44.5. The molecule has 0 bridgehead atoms. The molecule has 20 nitrogen and oxygen atoms in total. The molecule has 1 aliphatic carbocycles. The van der Waals surface area contributed by atoms with Crippen molar-refractivity contribution in [3.05, 3.63) is 95.7 Å². The van der Waals surface area contributed by atoms with Gasteiger partial charge in [-0.1, -0.05) is 49.2 Å². The van der Waals surface area contributed by atoms with Crippen molar-refractivity contribution >= 4 is 46.5 Å². The Kier molecular flexibility index (Phi) is 19.4. The third kappa shape index (κ3) is 13.9. The molecule has 4 amide bonds. The SMILES string of the molecule is C=C1CCC(N2C(=O)c3cccc(NCCOCCOCCOCCOCCOCCOCCC(=O)N4CCN(c5ccc(-c6nc7ccc(-c8c(C)noc8C)cn7c6NC6CCCCC6)cc5)CC4)c3C2=O)C(=O)N1. The van der Waals surface area contributed by atoms with Crippen LogP contribution in [0, 0.1) is 13.8 Å². The molecule has 2 saturated heterocycles. The van der Waals surface area contributed by atoms with Gasteiger partial charge in [-0.2, -0.15) is 0 Å². The number of fused-ring (bicyclic) bond motifs is 2. The van der Waals surface area contributed by atoms with Gasteiger partial charge in [0.25, 0.3) is 11.8 Å². The van der Waals surface area contributed by atoms with Gasteiger partial charge in [0.15, 0.2) is 0 Å². The van der Waals surface area contributed by atoms with Gasteiger partial charge in [0.05, 0.1) is 103 Å². The lowest BCUT2D eigenvalue weighted by atomic mass is 9.95. The molecule has 3 aromatic heterocycles. The number of carbonyl (C=O) groups is 4. The maximum absolute atomic E-state index is 13.3. The molecule has 6 heterocycles. The van der Waals surface area contributed by atoms with Crippen LogP contribution in [0.25, 0.3) is 28.0 Å². The predicted molar refractivity (Wildman–Crippen MR) is 290 cm³/mol. The lowest BCUT2D eigenvalue weighted by Crippen LogP contribution is -2.51. The van der Waals surface area contributed by atoms with Gasteiger partial charge in [-0.25, -0.2) is 4.98 Å². The number of hydrogen-bond acceptors (Lipinski definition) is 16. The van der Waals surface area contributed by atoms with Crippen molar-refractivity contribution in [2.24, 2.45) is 0 Å². The minimum atomic E-state index is -0.860. The molecule has 1 atom stereocenters. The standard InChI is InChI=1S/C57H73N9O11/c1-39-12-18-48(55(68)59-39)66-56(69)46-10-7-11-47(52(46)57(66)70)58-21-27-72-29-31-74-33-35-76-37-36-75-34-32-73-30-28-71-26-20-50(67)64-24-22-63(23-25-64)45-16-13-42(14-17-45)53-54(60-44-8-5-4-6-9-44)65-38-43(15-19-49(65)61-53)51-40(2)62-77-41(51)3/h7,10-11,13-17,19,38,44,48,58,60H,1,4-6,8-9,12,18,20-37H2,2-3H3,(H,59,68). The second-order valence-electron chi connectivity index (χ2n) is 19.8. The first kappa shape index (κ1) is 55.1. The zero-order valence-corrected chi connectivity index (χ0v) is 44.5. The van der Waals surface area contributed by atoms with E-state index in [0.717, 1.165) is 81.8 Å². The number of carbonyl (C=O) groups excluding carboxylic acids is 4. The van der Waals surface area contributed by atoms with E-state index in [4.69, 9.17) is 37.9 Å². The summed E-state index contributed by atoms with van der Waals surface area (Å²) in [5, 5.41) is 13.9. The maximum Gasteiger partial charge on any atom is 0.264 e.